The summed E-state index contributed by atoms with van der Waals surface area (Å²) >= 11 is 0. The molecule has 2 aromatic heterocycles. The molecule has 1 fully saturated rings. The van der Waals surface area contributed by atoms with Crippen LogP contribution in [0.3, 0.4) is 0 Å². The first kappa shape index (κ1) is 28.7. The maximum Gasteiger partial charge on any atom is 0.407 e. The van der Waals surface area contributed by atoms with Gasteiger partial charge in [-0.25, -0.2) is 9.59 Å². The van der Waals surface area contributed by atoms with Crippen molar-refractivity contribution in [1.82, 2.24) is 24.0 Å². The Bertz CT molecular complexity index is 1570. The average Bonchev–Trinajstić information content (AvgIpc) is 3.27. The molecule has 1 aliphatic heterocycles. The van der Waals surface area contributed by atoms with Crippen LogP contribution in [0.15, 0.2) is 46.0 Å². The number of carbonyl (C=O) groups is 2. The minimum atomic E-state index is -0.648. The zero-order valence-electron chi connectivity index (χ0n) is 23.6. The highest BCUT2D eigenvalue weighted by Gasteiger charge is 2.29. The number of rotatable bonds is 7. The van der Waals surface area contributed by atoms with Gasteiger partial charge in [0.1, 0.15) is 5.60 Å². The predicted molar refractivity (Wildman–Crippen MR) is 154 cm³/mol. The Morgan fingerprint density at radius 2 is 1.93 bits per heavy atom. The summed E-state index contributed by atoms with van der Waals surface area (Å²) in [4.78, 5) is 59.2. The fraction of sp³-hybridized carbons (Fsp3) is 0.464. The molecule has 12 nitrogen and oxygen atoms in total. The number of nitrogens with zero attached hydrogens (tertiary/aromatic N) is 5. The molecule has 0 radical (unpaired) electrons. The van der Waals surface area contributed by atoms with Crippen molar-refractivity contribution in [3.8, 4) is 0 Å². The van der Waals surface area contributed by atoms with Gasteiger partial charge in [-0.1, -0.05) is 24.3 Å². The summed E-state index contributed by atoms with van der Waals surface area (Å²) in [6.07, 6.45) is 4.80. The number of aryl methyl sites for hydroxylation is 1. The molecule has 3 aromatic rings. The number of nitrogens with two attached hydrogens (primary N) is 1. The number of hydrogen-bond acceptors (Lipinski definition) is 8. The van der Waals surface area contributed by atoms with Gasteiger partial charge in [-0.3, -0.25) is 18.7 Å². The first-order chi connectivity index (χ1) is 18.9. The number of anilines is 2. The number of carbonyl (C=O) groups excluding carboxylic acids is 2. The Morgan fingerprint density at radius 1 is 1.20 bits per heavy atom. The number of piperidine rings is 1. The second-order valence-corrected chi connectivity index (χ2v) is 10.9. The molecule has 0 aliphatic carbocycles. The van der Waals surface area contributed by atoms with Gasteiger partial charge in [0, 0.05) is 44.0 Å². The van der Waals surface area contributed by atoms with E-state index < -0.39 is 35.3 Å². The van der Waals surface area contributed by atoms with Crippen molar-refractivity contribution < 1.29 is 14.3 Å². The van der Waals surface area contributed by atoms with Crippen LogP contribution in [0.2, 0.25) is 0 Å². The Morgan fingerprint density at radius 3 is 2.60 bits per heavy atom. The minimum absolute atomic E-state index is 0.187. The van der Waals surface area contributed by atoms with Gasteiger partial charge < -0.3 is 25.3 Å². The Kier molecular flexibility index (Phi) is 8.17. The summed E-state index contributed by atoms with van der Waals surface area (Å²) in [5.74, 6) is 0.0655. The third kappa shape index (κ3) is 5.95. The van der Waals surface area contributed by atoms with Gasteiger partial charge in [0.05, 0.1) is 6.54 Å². The number of aromatic nitrogens is 4. The topological polar surface area (TPSA) is 146 Å². The quantitative estimate of drug-likeness (QED) is 0.259. The zero-order valence-corrected chi connectivity index (χ0v) is 23.6. The van der Waals surface area contributed by atoms with Gasteiger partial charge in [0.25, 0.3) is 5.56 Å². The highest BCUT2D eigenvalue weighted by molar-refractivity contribution is 6.00. The summed E-state index contributed by atoms with van der Waals surface area (Å²) in [6, 6.07) is 6.36. The van der Waals surface area contributed by atoms with E-state index >= 15 is 0 Å². The smallest absolute Gasteiger partial charge is 0.407 e. The molecule has 0 saturated carbocycles. The van der Waals surface area contributed by atoms with Crippen LogP contribution in [-0.4, -0.2) is 55.3 Å². The van der Waals surface area contributed by atoms with Gasteiger partial charge in [0.15, 0.2) is 16.9 Å². The highest BCUT2D eigenvalue weighted by atomic mass is 16.6. The molecule has 12 heteroatoms. The molecule has 40 heavy (non-hydrogen) atoms. The number of Topliss-reactive ketones (excluding diaryl/α,β-unsaturated/α-hetero) is 1. The predicted octanol–water partition coefficient (Wildman–Crippen LogP) is 2.43. The van der Waals surface area contributed by atoms with Gasteiger partial charge in [-0.05, 0) is 52.7 Å². The van der Waals surface area contributed by atoms with Crippen molar-refractivity contribution >= 4 is 34.7 Å². The number of allylic oxidation sites excluding steroid dienone is 2. The Labute approximate surface area is 232 Å². The number of ketones is 1. The largest absolute Gasteiger partial charge is 0.444 e. The maximum atomic E-state index is 13.8. The number of nitrogens with one attached hydrogen (secondary N) is 1. The van der Waals surface area contributed by atoms with Crippen LogP contribution in [0, 0.1) is 0 Å². The summed E-state index contributed by atoms with van der Waals surface area (Å²) in [6.45, 7) is 8.28. The van der Waals surface area contributed by atoms with E-state index in [-0.39, 0.29) is 28.5 Å². The van der Waals surface area contributed by atoms with Gasteiger partial charge in [-0.2, -0.15) is 4.98 Å². The number of fused-ring (bicyclic) bond motifs is 1. The molecule has 1 saturated heterocycles. The number of hydrogen-bond donors (Lipinski definition) is 2. The number of amides is 1. The molecule has 1 unspecified atom stereocenters. The van der Waals surface area contributed by atoms with Crippen LogP contribution in [0.4, 0.5) is 16.4 Å². The molecule has 3 N–H and O–H groups in total. The minimum Gasteiger partial charge on any atom is -0.444 e. The molecule has 0 bridgehead atoms. The van der Waals surface area contributed by atoms with Crippen LogP contribution in [-0.2, 0) is 24.9 Å². The van der Waals surface area contributed by atoms with E-state index in [0.29, 0.717) is 25.6 Å². The Balaban J connectivity index is 1.74. The van der Waals surface area contributed by atoms with Crippen molar-refractivity contribution in [2.45, 2.75) is 65.3 Å². The fourth-order valence-corrected chi connectivity index (χ4v) is 4.86. The van der Waals surface area contributed by atoms with Crippen molar-refractivity contribution in [2.24, 2.45) is 7.05 Å². The van der Waals surface area contributed by atoms with Crippen molar-refractivity contribution in [1.29, 1.82) is 0 Å². The van der Waals surface area contributed by atoms with Crippen LogP contribution in [0.5, 0.6) is 0 Å². The second-order valence-electron chi connectivity index (χ2n) is 10.9. The molecular formula is C28H37N7O5. The van der Waals surface area contributed by atoms with E-state index in [0.717, 1.165) is 17.4 Å². The molecule has 214 valence electrons. The van der Waals surface area contributed by atoms with E-state index in [1.165, 1.54) is 11.6 Å². The lowest BCUT2D eigenvalue weighted by atomic mass is 10.1. The lowest BCUT2D eigenvalue weighted by Crippen LogP contribution is -2.49. The molecule has 1 aromatic carbocycles. The summed E-state index contributed by atoms with van der Waals surface area (Å²) in [5.41, 5.74) is 5.05. The number of nitrogen functional groups attached to an aromatic ring is 1. The van der Waals surface area contributed by atoms with Gasteiger partial charge in [-0.15, -0.1) is 0 Å². The van der Waals surface area contributed by atoms with Crippen molar-refractivity contribution in [3.05, 3.63) is 62.8 Å². The molecular weight excluding hydrogens is 514 g/mol. The van der Waals surface area contributed by atoms with E-state index in [1.807, 2.05) is 44.7 Å². The lowest BCUT2D eigenvalue weighted by molar-refractivity contribution is 0.0499. The number of ether oxygens (including phenoxy) is 1. The number of benzene rings is 1. The molecule has 1 amide bonds. The molecule has 0 spiro atoms. The molecule has 1 atom stereocenters. The summed E-state index contributed by atoms with van der Waals surface area (Å²) in [5, 5.41) is 2.93. The molecule has 4 rings (SSSR count). The van der Waals surface area contributed by atoms with E-state index in [1.54, 1.807) is 28.8 Å². The normalized spacial score (nSPS) is 16.0. The SMILES string of the molecule is C/C=C/Cn1c(N2CCCC(NC(=O)OC(C)(C)C)C2)nc2c1c(=O)n(CC(=O)c1ccccc1N)c(=O)n2C. The molecule has 3 heterocycles. The summed E-state index contributed by atoms with van der Waals surface area (Å²) < 4.78 is 9.39. The fourth-order valence-electron chi connectivity index (χ4n) is 4.86. The van der Waals surface area contributed by atoms with E-state index in [4.69, 9.17) is 15.5 Å². The average molecular weight is 552 g/mol. The monoisotopic (exact) mass is 551 g/mol. The standard InChI is InChI=1S/C28H37N7O5/c1-6-7-15-34-22-23(31-25(34)33-14-10-11-18(16-33)30-26(38)40-28(2,3)4)32(5)27(39)35(24(22)37)17-21(36)19-12-8-9-13-20(19)29/h6-9,12-13,18H,10-11,14-17,29H2,1-5H3,(H,30,38)/b7-6+. The van der Waals surface area contributed by atoms with Crippen LogP contribution >= 0.6 is 0 Å². The third-order valence-corrected chi connectivity index (χ3v) is 6.72. The van der Waals surface area contributed by atoms with Crippen LogP contribution in [0.1, 0.15) is 50.9 Å². The van der Waals surface area contributed by atoms with Crippen molar-refractivity contribution in [2.75, 3.05) is 23.7 Å². The highest BCUT2D eigenvalue weighted by Crippen LogP contribution is 2.24. The van der Waals surface area contributed by atoms with E-state index in [9.17, 15) is 19.2 Å². The third-order valence-electron chi connectivity index (χ3n) is 6.72. The number of alkyl carbamates (subject to hydrolysis) is 1. The first-order valence-corrected chi connectivity index (χ1v) is 13.3. The summed E-state index contributed by atoms with van der Waals surface area (Å²) in [7, 11) is 1.53. The molecule has 1 aliphatic rings. The van der Waals surface area contributed by atoms with Gasteiger partial charge in [0.2, 0.25) is 5.95 Å². The Hall–Kier alpha value is -4.35. The maximum absolute atomic E-state index is 13.8. The second kappa shape index (κ2) is 11.4. The zero-order chi connectivity index (χ0) is 29.2. The van der Waals surface area contributed by atoms with Crippen molar-refractivity contribution in [3.63, 3.8) is 0 Å². The van der Waals surface area contributed by atoms with Crippen LogP contribution in [0.25, 0.3) is 11.2 Å². The van der Waals surface area contributed by atoms with E-state index in [2.05, 4.69) is 5.32 Å². The number of imidazole rings is 1. The van der Waals surface area contributed by atoms with Gasteiger partial charge >= 0.3 is 11.8 Å². The van der Waals surface area contributed by atoms with Crippen LogP contribution < -0.4 is 27.2 Å². The number of para-hydroxylation sites is 1. The lowest BCUT2D eigenvalue weighted by Gasteiger charge is -2.34. The first-order valence-electron chi connectivity index (χ1n) is 13.3.